The van der Waals surface area contributed by atoms with Crippen LogP contribution in [0.1, 0.15) is 5.69 Å². The quantitative estimate of drug-likeness (QED) is 0.460. The first-order valence-electron chi connectivity index (χ1n) is 3.72. The number of rotatable bonds is 1. The summed E-state index contributed by atoms with van der Waals surface area (Å²) in [5.41, 5.74) is 6.57. The van der Waals surface area contributed by atoms with Crippen LogP contribution in [-0.2, 0) is 6.54 Å². The van der Waals surface area contributed by atoms with Crippen molar-refractivity contribution in [3.05, 3.63) is 22.3 Å². The third-order valence-electron chi connectivity index (χ3n) is 1.84. The van der Waals surface area contributed by atoms with Crippen LogP contribution in [0.5, 0.6) is 0 Å². The monoisotopic (exact) mass is 149 g/mol. The van der Waals surface area contributed by atoms with Crippen LogP contribution in [0.4, 0.5) is 0 Å². The molecule has 0 spiro atoms. The number of aromatic nitrogens is 1. The van der Waals surface area contributed by atoms with E-state index in [9.17, 15) is 0 Å². The fraction of sp³-hybridized carbons (Fsp3) is 0.250. The summed E-state index contributed by atoms with van der Waals surface area (Å²) in [6.45, 7) is 1.49. The fourth-order valence-electron chi connectivity index (χ4n) is 1.27. The molecule has 0 aromatic carbocycles. The van der Waals surface area contributed by atoms with Crippen molar-refractivity contribution in [3.63, 3.8) is 0 Å². The van der Waals surface area contributed by atoms with Gasteiger partial charge in [-0.05, 0) is 11.3 Å². The van der Waals surface area contributed by atoms with Crippen LogP contribution in [0.15, 0.2) is 6.07 Å². The smallest absolute Gasteiger partial charge is 0.0613 e. The zero-order valence-corrected chi connectivity index (χ0v) is 6.22. The number of hydrogen-bond acceptors (Lipinski definition) is 2. The van der Waals surface area contributed by atoms with Gasteiger partial charge in [0, 0.05) is 25.0 Å². The summed E-state index contributed by atoms with van der Waals surface area (Å²) in [6.07, 6.45) is 4.12. The van der Waals surface area contributed by atoms with Gasteiger partial charge in [-0.3, -0.25) is 0 Å². The van der Waals surface area contributed by atoms with Crippen LogP contribution in [0.25, 0.3) is 12.3 Å². The third kappa shape index (κ3) is 1.03. The first-order chi connectivity index (χ1) is 5.40. The molecule has 3 nitrogen and oxygen atoms in total. The van der Waals surface area contributed by atoms with Crippen molar-refractivity contribution in [2.24, 2.45) is 5.73 Å². The molecule has 0 saturated heterocycles. The number of aromatic amines is 1. The van der Waals surface area contributed by atoms with Crippen molar-refractivity contribution >= 4 is 12.3 Å². The molecule has 0 aliphatic carbocycles. The molecule has 11 heavy (non-hydrogen) atoms. The van der Waals surface area contributed by atoms with E-state index >= 15 is 0 Å². The Bertz CT molecular complexity index is 328. The SMILES string of the molecule is NCc1cc2c([nH]1)=CNCC=2. The summed E-state index contributed by atoms with van der Waals surface area (Å²) in [6, 6.07) is 2.09. The minimum atomic E-state index is 0.578. The minimum Gasteiger partial charge on any atom is -0.386 e. The highest BCUT2D eigenvalue weighted by Crippen LogP contribution is 1.83. The summed E-state index contributed by atoms with van der Waals surface area (Å²) in [5.74, 6) is 0. The van der Waals surface area contributed by atoms with Gasteiger partial charge in [-0.2, -0.15) is 0 Å². The number of fused-ring (bicyclic) bond motifs is 1. The Morgan fingerprint density at radius 2 is 2.45 bits per heavy atom. The maximum atomic E-state index is 5.48. The largest absolute Gasteiger partial charge is 0.386 e. The standard InChI is InChI=1S/C8H11N3/c9-4-7-3-6-1-2-10-5-8(6)11-7/h1,3,5,10-11H,2,4,9H2. The Balaban J connectivity index is 2.66. The van der Waals surface area contributed by atoms with E-state index in [0.29, 0.717) is 6.54 Å². The van der Waals surface area contributed by atoms with E-state index in [0.717, 1.165) is 17.6 Å². The van der Waals surface area contributed by atoms with Crippen LogP contribution < -0.4 is 21.6 Å². The average molecular weight is 149 g/mol. The van der Waals surface area contributed by atoms with Gasteiger partial charge in [0.05, 0.1) is 5.35 Å². The highest BCUT2D eigenvalue weighted by Gasteiger charge is 1.96. The predicted octanol–water partition coefficient (Wildman–Crippen LogP) is -1.40. The number of H-pyrrole nitrogens is 1. The third-order valence-corrected chi connectivity index (χ3v) is 1.84. The van der Waals surface area contributed by atoms with Crippen LogP contribution in [-0.4, -0.2) is 11.5 Å². The predicted molar refractivity (Wildman–Crippen MR) is 44.9 cm³/mol. The molecular weight excluding hydrogens is 138 g/mol. The number of hydrogen-bond donors (Lipinski definition) is 3. The molecular formula is C8H11N3. The maximum Gasteiger partial charge on any atom is 0.0613 e. The van der Waals surface area contributed by atoms with E-state index in [1.807, 2.05) is 6.20 Å². The Labute approximate surface area is 64.6 Å². The Morgan fingerprint density at radius 1 is 1.55 bits per heavy atom. The topological polar surface area (TPSA) is 53.8 Å². The van der Waals surface area contributed by atoms with Crippen molar-refractivity contribution in [2.45, 2.75) is 6.54 Å². The molecule has 0 atom stereocenters. The van der Waals surface area contributed by atoms with E-state index in [4.69, 9.17) is 5.73 Å². The molecule has 1 aliphatic heterocycles. The average Bonchev–Trinajstić information content (AvgIpc) is 2.46. The lowest BCUT2D eigenvalue weighted by molar-refractivity contribution is 0.991. The van der Waals surface area contributed by atoms with E-state index < -0.39 is 0 Å². The first-order valence-corrected chi connectivity index (χ1v) is 3.72. The van der Waals surface area contributed by atoms with E-state index in [1.165, 1.54) is 5.22 Å². The summed E-state index contributed by atoms with van der Waals surface area (Å²) >= 11 is 0. The van der Waals surface area contributed by atoms with Gasteiger partial charge >= 0.3 is 0 Å². The summed E-state index contributed by atoms with van der Waals surface area (Å²) in [4.78, 5) is 3.21. The Morgan fingerprint density at radius 3 is 3.18 bits per heavy atom. The molecule has 0 radical (unpaired) electrons. The summed E-state index contributed by atoms with van der Waals surface area (Å²) < 4.78 is 0. The second-order valence-electron chi connectivity index (χ2n) is 2.62. The van der Waals surface area contributed by atoms with Crippen LogP contribution in [0, 0.1) is 0 Å². The first kappa shape index (κ1) is 6.49. The number of nitrogens with two attached hydrogens (primary N) is 1. The Hall–Kier alpha value is -1.22. The van der Waals surface area contributed by atoms with Crippen molar-refractivity contribution < 1.29 is 0 Å². The van der Waals surface area contributed by atoms with Gasteiger partial charge in [-0.1, -0.05) is 6.08 Å². The van der Waals surface area contributed by atoms with Gasteiger partial charge in [0.15, 0.2) is 0 Å². The normalized spacial score (nSPS) is 14.3. The molecule has 2 heterocycles. The highest BCUT2D eigenvalue weighted by atomic mass is 14.9. The maximum absolute atomic E-state index is 5.48. The van der Waals surface area contributed by atoms with Crippen molar-refractivity contribution in [1.29, 1.82) is 0 Å². The lowest BCUT2D eigenvalue weighted by Gasteiger charge is -1.96. The van der Waals surface area contributed by atoms with Gasteiger partial charge in [-0.25, -0.2) is 0 Å². The summed E-state index contributed by atoms with van der Waals surface area (Å²) in [5, 5.41) is 5.52. The molecule has 0 unspecified atom stereocenters. The number of nitrogens with one attached hydrogen (secondary N) is 2. The molecule has 58 valence electrons. The molecule has 0 saturated carbocycles. The molecule has 0 fully saturated rings. The Kier molecular flexibility index (Phi) is 1.43. The lowest BCUT2D eigenvalue weighted by atomic mass is 10.3. The molecule has 0 amide bonds. The summed E-state index contributed by atoms with van der Waals surface area (Å²) in [7, 11) is 0. The van der Waals surface area contributed by atoms with Crippen molar-refractivity contribution in [3.8, 4) is 0 Å². The van der Waals surface area contributed by atoms with E-state index in [-0.39, 0.29) is 0 Å². The zero-order chi connectivity index (χ0) is 7.68. The molecule has 0 bridgehead atoms. The van der Waals surface area contributed by atoms with Crippen molar-refractivity contribution in [2.75, 3.05) is 6.54 Å². The van der Waals surface area contributed by atoms with Gasteiger partial charge < -0.3 is 16.0 Å². The minimum absolute atomic E-state index is 0.578. The van der Waals surface area contributed by atoms with Gasteiger partial charge in [0.1, 0.15) is 0 Å². The zero-order valence-electron chi connectivity index (χ0n) is 6.22. The van der Waals surface area contributed by atoms with Gasteiger partial charge in [0.2, 0.25) is 0 Å². The molecule has 1 aliphatic rings. The van der Waals surface area contributed by atoms with Crippen molar-refractivity contribution in [1.82, 2.24) is 10.3 Å². The van der Waals surface area contributed by atoms with Crippen LogP contribution in [0.2, 0.25) is 0 Å². The van der Waals surface area contributed by atoms with Crippen LogP contribution >= 0.6 is 0 Å². The molecule has 1 aromatic heterocycles. The fourth-order valence-corrected chi connectivity index (χ4v) is 1.27. The van der Waals surface area contributed by atoms with Gasteiger partial charge in [0.25, 0.3) is 0 Å². The second kappa shape index (κ2) is 2.43. The molecule has 4 N–H and O–H groups in total. The van der Waals surface area contributed by atoms with Gasteiger partial charge in [-0.15, -0.1) is 0 Å². The lowest BCUT2D eigenvalue weighted by Crippen LogP contribution is -2.31. The highest BCUT2D eigenvalue weighted by molar-refractivity contribution is 5.36. The van der Waals surface area contributed by atoms with E-state index in [2.05, 4.69) is 22.4 Å². The second-order valence-corrected chi connectivity index (χ2v) is 2.62. The molecule has 2 rings (SSSR count). The van der Waals surface area contributed by atoms with Crippen LogP contribution in [0.3, 0.4) is 0 Å². The molecule has 1 aromatic rings. The molecule has 3 heteroatoms. The van der Waals surface area contributed by atoms with E-state index in [1.54, 1.807) is 0 Å².